The highest BCUT2D eigenvalue weighted by Gasteiger charge is 2.34. The molecule has 0 aromatic heterocycles. The summed E-state index contributed by atoms with van der Waals surface area (Å²) in [5, 5.41) is 3.56. The van der Waals surface area contributed by atoms with Gasteiger partial charge in [-0.15, -0.1) is 24.0 Å². The van der Waals surface area contributed by atoms with Crippen LogP contribution in [0.5, 0.6) is 11.5 Å². The van der Waals surface area contributed by atoms with Crippen LogP contribution in [0.2, 0.25) is 0 Å². The molecule has 4 aromatic rings. The summed E-state index contributed by atoms with van der Waals surface area (Å²) >= 11 is 0. The van der Waals surface area contributed by atoms with Gasteiger partial charge in [0.15, 0.2) is 0 Å². The first kappa shape index (κ1) is 38.3. The average Bonchev–Trinajstić information content (AvgIpc) is 3.66. The van der Waals surface area contributed by atoms with Gasteiger partial charge in [0.2, 0.25) is 5.91 Å². The van der Waals surface area contributed by atoms with Crippen molar-refractivity contribution in [2.75, 3.05) is 0 Å². The third-order valence-corrected chi connectivity index (χ3v) is 9.11. The number of nitrogens with zero attached hydrogens (tertiary/aromatic N) is 1. The number of carbonyl (C=O) groups is 1. The van der Waals surface area contributed by atoms with Gasteiger partial charge in [0.1, 0.15) is 36.3 Å². The molecule has 0 radical (unpaired) electrons. The van der Waals surface area contributed by atoms with Crippen LogP contribution in [0.15, 0.2) is 97.1 Å². The molecule has 10 heteroatoms. The molecule has 6 nitrogen and oxygen atoms in total. The normalized spacial score (nSPS) is 20.3. The maximum Gasteiger partial charge on any atom is 0.235 e. The first-order valence-electron chi connectivity index (χ1n) is 15.3. The number of hydrogen-bond donors (Lipinski definition) is 2. The molecule has 4 aromatic carbocycles. The average molecular weight is 776 g/mol. The third kappa shape index (κ3) is 10.4. The van der Waals surface area contributed by atoms with Crippen LogP contribution in [0, 0.1) is 11.6 Å². The number of halogens is 3. The molecule has 5 atom stereocenters. The number of amides is 1. The van der Waals surface area contributed by atoms with Gasteiger partial charge in [-0.1, -0.05) is 77.5 Å². The fourth-order valence-electron chi connectivity index (χ4n) is 5.78. The van der Waals surface area contributed by atoms with E-state index in [4.69, 9.17) is 15.2 Å². The quantitative estimate of drug-likeness (QED) is 0.132. The van der Waals surface area contributed by atoms with E-state index in [1.807, 2.05) is 47.1 Å². The Kier molecular flexibility index (Phi) is 15.0. The lowest BCUT2D eigenvalue weighted by Crippen LogP contribution is -2.35. The van der Waals surface area contributed by atoms with Crippen LogP contribution in [0.1, 0.15) is 74.4 Å². The van der Waals surface area contributed by atoms with Crippen LogP contribution < -0.4 is 20.5 Å². The summed E-state index contributed by atoms with van der Waals surface area (Å²) in [6.45, 7) is 2.66. The zero-order valence-corrected chi connectivity index (χ0v) is 29.3. The van der Waals surface area contributed by atoms with Gasteiger partial charge < -0.3 is 20.5 Å². The summed E-state index contributed by atoms with van der Waals surface area (Å²) in [4.78, 5) is 11.4. The maximum atomic E-state index is 13.6. The van der Waals surface area contributed by atoms with E-state index >= 15 is 0 Å². The Balaban J connectivity index is 0.000000247. The molecule has 2 aliphatic heterocycles. The first-order chi connectivity index (χ1) is 21.8. The third-order valence-electron chi connectivity index (χ3n) is 8.39. The largest absolute Gasteiger partial charge is 0.489 e. The number of hydrogen-bond acceptors (Lipinski definition) is 5. The highest BCUT2D eigenvalue weighted by molar-refractivity contribution is 14.0. The van der Waals surface area contributed by atoms with Crippen LogP contribution >= 0.6 is 33.4 Å². The van der Waals surface area contributed by atoms with Crippen LogP contribution in [-0.4, -0.2) is 22.7 Å². The SMILES string of the molecule is C.C[C@@H]1CC[C@H](c2ccc(OCc3ccccc3F)cc2)N1.I.NC(=O)[C@@H]1CC[C@H](c2ccc(OCc3ccccc3F)cc2)N1P. The van der Waals surface area contributed by atoms with Gasteiger partial charge >= 0.3 is 0 Å². The lowest BCUT2D eigenvalue weighted by molar-refractivity contribution is -0.121. The summed E-state index contributed by atoms with van der Waals surface area (Å²) in [6, 6.07) is 30.0. The minimum absolute atomic E-state index is 0. The molecule has 0 saturated carbocycles. The number of ether oxygens (including phenoxy) is 2. The van der Waals surface area contributed by atoms with Crippen LogP contribution in [-0.2, 0) is 18.0 Å². The highest BCUT2D eigenvalue weighted by Crippen LogP contribution is 2.39. The van der Waals surface area contributed by atoms with Gasteiger partial charge in [0, 0.05) is 29.3 Å². The minimum Gasteiger partial charge on any atom is -0.489 e. The molecule has 252 valence electrons. The molecule has 1 amide bonds. The zero-order valence-electron chi connectivity index (χ0n) is 25.8. The molecule has 47 heavy (non-hydrogen) atoms. The van der Waals surface area contributed by atoms with Gasteiger partial charge in [0.25, 0.3) is 0 Å². The number of nitrogens with one attached hydrogen (secondary N) is 1. The number of benzene rings is 4. The predicted molar refractivity (Wildman–Crippen MR) is 198 cm³/mol. The van der Waals surface area contributed by atoms with E-state index in [-0.39, 0.29) is 74.2 Å². The van der Waals surface area contributed by atoms with E-state index in [1.54, 1.807) is 30.3 Å². The lowest BCUT2D eigenvalue weighted by Gasteiger charge is -2.23. The molecule has 2 fully saturated rings. The number of rotatable bonds is 9. The van der Waals surface area contributed by atoms with E-state index < -0.39 is 0 Å². The van der Waals surface area contributed by atoms with Crippen molar-refractivity contribution in [1.29, 1.82) is 0 Å². The Morgan fingerprint density at radius 1 is 0.787 bits per heavy atom. The summed E-state index contributed by atoms with van der Waals surface area (Å²) in [5.74, 6) is 0.668. The van der Waals surface area contributed by atoms with Crippen LogP contribution in [0.3, 0.4) is 0 Å². The van der Waals surface area contributed by atoms with Crippen molar-refractivity contribution >= 4 is 39.3 Å². The van der Waals surface area contributed by atoms with Gasteiger partial charge in [0.05, 0.1) is 6.04 Å². The van der Waals surface area contributed by atoms with E-state index in [1.165, 1.54) is 30.5 Å². The van der Waals surface area contributed by atoms with E-state index in [2.05, 4.69) is 33.8 Å². The van der Waals surface area contributed by atoms with E-state index in [0.29, 0.717) is 29.0 Å². The van der Waals surface area contributed by atoms with Gasteiger partial charge in [-0.05, 0) is 80.1 Å². The van der Waals surface area contributed by atoms with Crippen molar-refractivity contribution < 1.29 is 23.0 Å². The monoisotopic (exact) mass is 775 g/mol. The number of nitrogens with two attached hydrogens (primary N) is 1. The van der Waals surface area contributed by atoms with Crippen molar-refractivity contribution in [2.24, 2.45) is 5.73 Å². The second-order valence-electron chi connectivity index (χ2n) is 11.6. The van der Waals surface area contributed by atoms with Crippen molar-refractivity contribution in [3.05, 3.63) is 131 Å². The predicted octanol–water partition coefficient (Wildman–Crippen LogP) is 8.66. The molecule has 2 saturated heterocycles. The lowest BCUT2D eigenvalue weighted by atomic mass is 10.1. The fraction of sp³-hybridized carbons (Fsp3) is 0.324. The summed E-state index contributed by atoms with van der Waals surface area (Å²) in [7, 11) is 2.61. The molecule has 0 aliphatic carbocycles. The Morgan fingerprint density at radius 2 is 1.28 bits per heavy atom. The van der Waals surface area contributed by atoms with Crippen molar-refractivity contribution in [2.45, 2.75) is 77.4 Å². The number of primary amides is 1. The summed E-state index contributed by atoms with van der Waals surface area (Å²) < 4.78 is 40.3. The second kappa shape index (κ2) is 18.4. The molecule has 2 aliphatic rings. The second-order valence-corrected chi connectivity index (χ2v) is 12.2. The fourth-order valence-corrected chi connectivity index (χ4v) is 6.40. The number of carbonyl (C=O) groups excluding carboxylic acids is 1. The van der Waals surface area contributed by atoms with Gasteiger partial charge in [-0.2, -0.15) is 0 Å². The molecule has 0 bridgehead atoms. The van der Waals surface area contributed by atoms with Crippen LogP contribution in [0.25, 0.3) is 0 Å². The van der Waals surface area contributed by atoms with Gasteiger partial charge in [-0.3, -0.25) is 9.46 Å². The van der Waals surface area contributed by atoms with E-state index in [0.717, 1.165) is 24.2 Å². The standard InChI is InChI=1S/C18H20FN2O2P.C18H20FNO.CH4.HI/c19-15-4-2-1-3-13(15)11-23-14-7-5-12(6-8-14)16-9-10-17(18(20)22)21(16)24;1-13-6-11-18(20-13)14-7-9-16(10-8-14)21-12-15-4-2-3-5-17(15)19;;/h1-8,16-17H,9-11,24H2,(H2,20,22);2-5,7-10,13,18,20H,6,11-12H2,1H3;1H4;1H/t16-,17+;13-,18-;;/m11../s1. The van der Waals surface area contributed by atoms with Gasteiger partial charge in [-0.25, -0.2) is 8.78 Å². The molecule has 6 rings (SSSR count). The Morgan fingerprint density at radius 3 is 1.70 bits per heavy atom. The molecule has 1 unspecified atom stereocenters. The minimum atomic E-state index is -0.294. The molecule has 2 heterocycles. The molecule has 0 spiro atoms. The zero-order chi connectivity index (χ0) is 31.8. The maximum absolute atomic E-state index is 13.6. The van der Waals surface area contributed by atoms with Crippen LogP contribution in [0.4, 0.5) is 8.78 Å². The summed E-state index contributed by atoms with van der Waals surface area (Å²) in [5.41, 5.74) is 8.91. The molecular weight excluding hydrogens is 730 g/mol. The van der Waals surface area contributed by atoms with E-state index in [9.17, 15) is 13.6 Å². The molecular formula is C37H45F2IN3O3P. The Labute approximate surface area is 296 Å². The molecule has 3 N–H and O–H groups in total. The topological polar surface area (TPSA) is 76.8 Å². The summed E-state index contributed by atoms with van der Waals surface area (Å²) in [6.07, 6.45) is 4.04. The Hall–Kier alpha value is -3.11. The van der Waals surface area contributed by atoms with Crippen molar-refractivity contribution in [1.82, 2.24) is 9.99 Å². The van der Waals surface area contributed by atoms with Crippen molar-refractivity contribution in [3.8, 4) is 11.5 Å². The Bertz CT molecular complexity index is 1560. The highest BCUT2D eigenvalue weighted by atomic mass is 127. The first-order valence-corrected chi connectivity index (χ1v) is 15.8. The van der Waals surface area contributed by atoms with Crippen molar-refractivity contribution in [3.63, 3.8) is 0 Å². The smallest absolute Gasteiger partial charge is 0.235 e.